The van der Waals surface area contributed by atoms with Crippen molar-refractivity contribution in [2.24, 2.45) is 0 Å². The van der Waals surface area contributed by atoms with Crippen molar-refractivity contribution in [3.05, 3.63) is 80.4 Å². The Morgan fingerprint density at radius 1 is 0.571 bits per heavy atom. The van der Waals surface area contributed by atoms with Gasteiger partial charge in [0.15, 0.2) is 9.84 Å². The zero-order chi connectivity index (χ0) is 32.5. The van der Waals surface area contributed by atoms with Crippen molar-refractivity contribution < 1.29 is 13.5 Å². The highest BCUT2D eigenvalue weighted by Crippen LogP contribution is 2.37. The van der Waals surface area contributed by atoms with E-state index in [-0.39, 0.29) is 17.7 Å². The number of sulfone groups is 1. The molecule has 4 heteroatoms. The van der Waals surface area contributed by atoms with Crippen LogP contribution < -0.4 is 0 Å². The lowest BCUT2D eigenvalue weighted by Gasteiger charge is -2.32. The van der Waals surface area contributed by atoms with E-state index in [0.717, 1.165) is 50.5 Å². The van der Waals surface area contributed by atoms with Crippen molar-refractivity contribution in [2.75, 3.05) is 0 Å². The van der Waals surface area contributed by atoms with Gasteiger partial charge in [-0.1, -0.05) is 75.5 Å². The predicted octanol–water partition coefficient (Wildman–Crippen LogP) is 11.5. The summed E-state index contributed by atoms with van der Waals surface area (Å²) in [5, 5.41) is 11.7. The zero-order valence-corrected chi connectivity index (χ0v) is 30.1. The van der Waals surface area contributed by atoms with Crippen LogP contribution in [-0.4, -0.2) is 24.4 Å². The fraction of sp³-hybridized carbons (Fsp3) is 0.632. The van der Waals surface area contributed by atoms with Gasteiger partial charge in [0.05, 0.1) is 10.2 Å². The standard InChI is InChI=1S/C38H64O3S/c1-29(2)17-13-20-33(9)22-16-23-35(11)26-28-38(39,27-25-34(10)21-14-18-30(3)4)37(42(40,41)32(7)8)36(12)24-15-19-31(5)6/h17-19,22,25-26,32,39H,13-16,20-21,23-24,27-28H2,1-12H3/b33-22?,34-25+,35-26?,37-36-. The van der Waals surface area contributed by atoms with Gasteiger partial charge in [0.1, 0.15) is 5.60 Å². The molecule has 0 aliphatic heterocycles. The van der Waals surface area contributed by atoms with Crippen LogP contribution in [0.2, 0.25) is 0 Å². The Bertz CT molecular complexity index is 1150. The van der Waals surface area contributed by atoms with E-state index in [4.69, 9.17) is 0 Å². The number of rotatable bonds is 19. The number of hydrogen-bond donors (Lipinski definition) is 1. The highest BCUT2D eigenvalue weighted by atomic mass is 32.2. The second-order valence-electron chi connectivity index (χ2n) is 13.3. The summed E-state index contributed by atoms with van der Waals surface area (Å²) in [5.41, 5.74) is 6.86. The molecule has 0 heterocycles. The second-order valence-corrected chi connectivity index (χ2v) is 15.7. The highest BCUT2D eigenvalue weighted by Gasteiger charge is 2.40. The molecule has 42 heavy (non-hydrogen) atoms. The molecule has 1 unspecified atom stereocenters. The van der Waals surface area contributed by atoms with Gasteiger partial charge in [0.2, 0.25) is 0 Å². The van der Waals surface area contributed by atoms with Gasteiger partial charge in [-0.2, -0.15) is 0 Å². The summed E-state index contributed by atoms with van der Waals surface area (Å²) in [7, 11) is -3.69. The molecule has 0 amide bonds. The van der Waals surface area contributed by atoms with Crippen LogP contribution in [0, 0.1) is 0 Å². The lowest BCUT2D eigenvalue weighted by Crippen LogP contribution is -2.38. The molecule has 0 spiro atoms. The van der Waals surface area contributed by atoms with Crippen molar-refractivity contribution >= 4 is 9.84 Å². The summed E-state index contributed by atoms with van der Waals surface area (Å²) >= 11 is 0. The maximum Gasteiger partial charge on any atom is 0.179 e. The third-order valence-electron chi connectivity index (χ3n) is 7.58. The summed E-state index contributed by atoms with van der Waals surface area (Å²) in [6.45, 7) is 24.2. The van der Waals surface area contributed by atoms with E-state index < -0.39 is 20.7 Å². The summed E-state index contributed by atoms with van der Waals surface area (Å²) in [5.74, 6) is 0. The smallest absolute Gasteiger partial charge is 0.179 e. The minimum atomic E-state index is -3.69. The quantitative estimate of drug-likeness (QED) is 0.150. The maximum absolute atomic E-state index is 13.8. The van der Waals surface area contributed by atoms with Crippen molar-refractivity contribution in [1.29, 1.82) is 0 Å². The van der Waals surface area contributed by atoms with E-state index in [1.165, 1.54) is 33.4 Å². The van der Waals surface area contributed by atoms with Crippen LogP contribution in [0.4, 0.5) is 0 Å². The van der Waals surface area contributed by atoms with Crippen molar-refractivity contribution in [1.82, 2.24) is 0 Å². The van der Waals surface area contributed by atoms with Crippen molar-refractivity contribution in [3.63, 3.8) is 0 Å². The molecule has 1 atom stereocenters. The van der Waals surface area contributed by atoms with E-state index >= 15 is 0 Å². The van der Waals surface area contributed by atoms with E-state index in [2.05, 4.69) is 98.8 Å². The zero-order valence-electron chi connectivity index (χ0n) is 29.3. The maximum atomic E-state index is 13.8. The molecule has 1 N–H and O–H groups in total. The number of allylic oxidation sites excluding steroid dienone is 11. The normalized spacial score (nSPS) is 15.2. The van der Waals surface area contributed by atoms with Gasteiger partial charge in [0.25, 0.3) is 0 Å². The Balaban J connectivity index is 6.35. The fourth-order valence-corrected chi connectivity index (χ4v) is 6.57. The second kappa shape index (κ2) is 20.1. The van der Waals surface area contributed by atoms with Gasteiger partial charge in [-0.15, -0.1) is 0 Å². The first-order valence-corrected chi connectivity index (χ1v) is 17.5. The topological polar surface area (TPSA) is 54.4 Å². The minimum Gasteiger partial charge on any atom is -0.384 e. The lowest BCUT2D eigenvalue weighted by atomic mass is 9.89. The fourth-order valence-electron chi connectivity index (χ4n) is 4.82. The molecule has 0 saturated heterocycles. The van der Waals surface area contributed by atoms with Crippen LogP contribution >= 0.6 is 0 Å². The Morgan fingerprint density at radius 3 is 1.26 bits per heavy atom. The molecule has 0 saturated carbocycles. The van der Waals surface area contributed by atoms with E-state index in [9.17, 15) is 13.5 Å². The average molecular weight is 601 g/mol. The average Bonchev–Trinajstić information content (AvgIpc) is 2.85. The summed E-state index contributed by atoms with van der Waals surface area (Å²) < 4.78 is 27.7. The molecule has 0 bridgehead atoms. The van der Waals surface area contributed by atoms with Gasteiger partial charge in [-0.25, -0.2) is 8.42 Å². The summed E-state index contributed by atoms with van der Waals surface area (Å²) in [4.78, 5) is 0.222. The molecule has 3 nitrogen and oxygen atoms in total. The van der Waals surface area contributed by atoms with Crippen LogP contribution in [-0.2, 0) is 9.84 Å². The molecule has 0 aromatic heterocycles. The SMILES string of the molecule is CC(C)=CCCC(C)=CCCC(C)=CCC(O)(C/C=C(\C)CCC=C(C)C)/C(=C(\C)CCC=C(C)C)S(=O)(=O)C(C)C. The molecule has 240 valence electrons. The van der Waals surface area contributed by atoms with Crippen molar-refractivity contribution in [3.8, 4) is 0 Å². The minimum absolute atomic E-state index is 0.222. The third-order valence-corrected chi connectivity index (χ3v) is 10.1. The third kappa shape index (κ3) is 16.7. The summed E-state index contributed by atoms with van der Waals surface area (Å²) in [6, 6.07) is 0. The molecule has 0 rings (SSSR count). The number of hydrogen-bond acceptors (Lipinski definition) is 3. The molecule has 0 aromatic carbocycles. The largest absolute Gasteiger partial charge is 0.384 e. The first-order chi connectivity index (χ1) is 19.4. The van der Waals surface area contributed by atoms with Crippen LogP contribution in [0.25, 0.3) is 0 Å². The van der Waals surface area contributed by atoms with Crippen molar-refractivity contribution in [2.45, 2.75) is 158 Å². The predicted molar refractivity (Wildman–Crippen MR) is 187 cm³/mol. The Kier molecular flexibility index (Phi) is 19.2. The molecule has 0 aliphatic rings. The van der Waals surface area contributed by atoms with Gasteiger partial charge in [0, 0.05) is 0 Å². The first kappa shape index (κ1) is 40.1. The number of aliphatic hydroxyl groups is 1. The molecule has 0 fully saturated rings. The molecule has 0 aliphatic carbocycles. The van der Waals surface area contributed by atoms with Crippen LogP contribution in [0.15, 0.2) is 80.4 Å². The lowest BCUT2D eigenvalue weighted by molar-refractivity contribution is 0.0904. The van der Waals surface area contributed by atoms with E-state index in [1.54, 1.807) is 13.8 Å². The van der Waals surface area contributed by atoms with Crippen LogP contribution in [0.3, 0.4) is 0 Å². The van der Waals surface area contributed by atoms with Gasteiger partial charge in [-0.05, 0) is 147 Å². The molecular weight excluding hydrogens is 536 g/mol. The van der Waals surface area contributed by atoms with Gasteiger partial charge in [-0.3, -0.25) is 0 Å². The monoisotopic (exact) mass is 600 g/mol. The first-order valence-electron chi connectivity index (χ1n) is 16.0. The molecular formula is C38H64O3S. The van der Waals surface area contributed by atoms with E-state index in [0.29, 0.717) is 6.42 Å². The molecule has 0 aromatic rings. The molecule has 0 radical (unpaired) electrons. The van der Waals surface area contributed by atoms with E-state index in [1.807, 2.05) is 6.92 Å². The Morgan fingerprint density at radius 2 is 0.905 bits per heavy atom. The van der Waals surface area contributed by atoms with Gasteiger partial charge < -0.3 is 5.11 Å². The Hall–Kier alpha value is -1.91. The highest BCUT2D eigenvalue weighted by molar-refractivity contribution is 7.95. The Labute approximate surface area is 261 Å². The summed E-state index contributed by atoms with van der Waals surface area (Å²) in [6.07, 6.45) is 20.8. The van der Waals surface area contributed by atoms with Gasteiger partial charge >= 0.3 is 0 Å². The van der Waals surface area contributed by atoms with Crippen LogP contribution in [0.5, 0.6) is 0 Å². The van der Waals surface area contributed by atoms with Crippen LogP contribution in [0.1, 0.15) is 147 Å².